The number of fused-ring (bicyclic) bond motifs is 3. The van der Waals surface area contributed by atoms with Gasteiger partial charge in [0.25, 0.3) is 0 Å². The van der Waals surface area contributed by atoms with Crippen molar-refractivity contribution in [2.75, 3.05) is 28.4 Å². The first-order valence-electron chi connectivity index (χ1n) is 12.2. The van der Waals surface area contributed by atoms with E-state index in [0.717, 1.165) is 33.8 Å². The van der Waals surface area contributed by atoms with Crippen LogP contribution in [-0.4, -0.2) is 54.0 Å². The van der Waals surface area contributed by atoms with Gasteiger partial charge >= 0.3 is 0 Å². The molecule has 1 aliphatic rings. The van der Waals surface area contributed by atoms with Gasteiger partial charge in [0.05, 0.1) is 45.4 Å². The number of Topliss-reactive ketones (excluding diaryl/α,β-unsaturated/α-hetero) is 1. The lowest BCUT2D eigenvalue weighted by Gasteiger charge is -2.24. The summed E-state index contributed by atoms with van der Waals surface area (Å²) in [5.74, 6) is 2.35. The van der Waals surface area contributed by atoms with Crippen molar-refractivity contribution in [3.8, 4) is 34.1 Å². The zero-order valence-corrected chi connectivity index (χ0v) is 21.9. The lowest BCUT2D eigenvalue weighted by Crippen LogP contribution is -2.24. The predicted octanol–water partition coefficient (Wildman–Crippen LogP) is 4.86. The number of methoxy groups -OCH3 is 4. The molecule has 1 aliphatic carbocycles. The van der Waals surface area contributed by atoms with Gasteiger partial charge in [-0.15, -0.1) is 10.2 Å². The number of aromatic nitrogens is 4. The molecule has 192 valence electrons. The van der Waals surface area contributed by atoms with Crippen molar-refractivity contribution < 1.29 is 23.7 Å². The first-order valence-corrected chi connectivity index (χ1v) is 12.2. The summed E-state index contributed by atoms with van der Waals surface area (Å²) >= 11 is 0. The largest absolute Gasteiger partial charge is 0.497 e. The molecule has 1 atom stereocenters. The van der Waals surface area contributed by atoms with E-state index in [1.165, 1.54) is 0 Å². The number of ether oxygens (including phenoxy) is 4. The van der Waals surface area contributed by atoms with Crippen LogP contribution in [0.5, 0.6) is 23.0 Å². The van der Waals surface area contributed by atoms with Crippen LogP contribution in [0.3, 0.4) is 0 Å². The van der Waals surface area contributed by atoms with Crippen molar-refractivity contribution in [2.24, 2.45) is 0 Å². The lowest BCUT2D eigenvalue weighted by molar-refractivity contribution is 0.0955. The molecule has 9 nitrogen and oxygen atoms in total. The van der Waals surface area contributed by atoms with Crippen LogP contribution in [-0.2, 0) is 6.42 Å². The zero-order valence-electron chi connectivity index (χ0n) is 21.9. The second kappa shape index (κ2) is 9.72. The van der Waals surface area contributed by atoms with E-state index in [-0.39, 0.29) is 17.6 Å². The van der Waals surface area contributed by atoms with Gasteiger partial charge in [0.15, 0.2) is 28.6 Å². The van der Waals surface area contributed by atoms with Gasteiger partial charge < -0.3 is 18.9 Å². The molecule has 37 heavy (non-hydrogen) atoms. The molecule has 0 fully saturated rings. The van der Waals surface area contributed by atoms with Crippen molar-refractivity contribution in [1.82, 2.24) is 19.8 Å². The van der Waals surface area contributed by atoms with E-state index in [1.807, 2.05) is 36.4 Å². The van der Waals surface area contributed by atoms with E-state index in [0.29, 0.717) is 41.4 Å². The molecule has 0 amide bonds. The van der Waals surface area contributed by atoms with Crippen LogP contribution in [0.25, 0.3) is 16.8 Å². The molecule has 9 heteroatoms. The Morgan fingerprint density at radius 1 is 0.892 bits per heavy atom. The highest BCUT2D eigenvalue weighted by Crippen LogP contribution is 2.43. The number of hydrogen-bond acceptors (Lipinski definition) is 8. The second-order valence-electron chi connectivity index (χ2n) is 9.36. The van der Waals surface area contributed by atoms with Gasteiger partial charge in [-0.2, -0.15) is 5.10 Å². The highest BCUT2D eigenvalue weighted by atomic mass is 16.5. The van der Waals surface area contributed by atoms with E-state index < -0.39 is 0 Å². The van der Waals surface area contributed by atoms with Crippen molar-refractivity contribution in [1.29, 1.82) is 0 Å². The van der Waals surface area contributed by atoms with Gasteiger partial charge in [-0.05, 0) is 53.6 Å². The van der Waals surface area contributed by atoms with Crippen molar-refractivity contribution >= 4 is 11.4 Å². The second-order valence-corrected chi connectivity index (χ2v) is 9.36. The van der Waals surface area contributed by atoms with Crippen molar-refractivity contribution in [3.63, 3.8) is 0 Å². The normalized spacial score (nSPS) is 15.1. The van der Waals surface area contributed by atoms with Crippen LogP contribution in [0.2, 0.25) is 0 Å². The van der Waals surface area contributed by atoms with Crippen LogP contribution in [0.15, 0.2) is 36.4 Å². The number of carbonyl (C=O) groups excluding carboxylic acids is 1. The maximum Gasteiger partial charge on any atom is 0.203 e. The molecule has 2 aromatic carbocycles. The first kappa shape index (κ1) is 24.5. The molecule has 0 aliphatic heterocycles. The van der Waals surface area contributed by atoms with Crippen molar-refractivity contribution in [3.05, 3.63) is 59.0 Å². The standard InChI is InChI=1S/C28H30N4O5/c1-15(2)25-24(16-7-9-19(34-3)10-8-16)28-30-29-26-20(32(28)31-25)11-17(12-21(26)33)18-13-22(35-4)27(37-6)23(14-18)36-5/h7-10,13-15,17H,11-12H2,1-6H3/t17-/m1/s1. The number of ketones is 1. The van der Waals surface area contributed by atoms with Crippen LogP contribution >= 0.6 is 0 Å². The van der Waals surface area contributed by atoms with Gasteiger partial charge in [0, 0.05) is 6.42 Å². The average molecular weight is 503 g/mol. The smallest absolute Gasteiger partial charge is 0.203 e. The fraction of sp³-hybridized carbons (Fsp3) is 0.357. The van der Waals surface area contributed by atoms with Gasteiger partial charge in [-0.25, -0.2) is 4.52 Å². The molecule has 5 rings (SSSR count). The van der Waals surface area contributed by atoms with Crippen LogP contribution < -0.4 is 18.9 Å². The summed E-state index contributed by atoms with van der Waals surface area (Å²) in [5.41, 5.74) is 5.45. The highest BCUT2D eigenvalue weighted by molar-refractivity contribution is 5.97. The Bertz CT molecular complexity index is 1450. The van der Waals surface area contributed by atoms with E-state index in [1.54, 1.807) is 33.0 Å². The summed E-state index contributed by atoms with van der Waals surface area (Å²) in [6, 6.07) is 11.6. The average Bonchev–Trinajstić information content (AvgIpc) is 3.32. The third-order valence-electron chi connectivity index (χ3n) is 6.88. The van der Waals surface area contributed by atoms with E-state index in [9.17, 15) is 4.79 Å². The fourth-order valence-electron chi connectivity index (χ4n) is 5.00. The predicted molar refractivity (Wildman–Crippen MR) is 138 cm³/mol. The maximum absolute atomic E-state index is 13.3. The summed E-state index contributed by atoms with van der Waals surface area (Å²) in [6.07, 6.45) is 0.864. The van der Waals surface area contributed by atoms with Gasteiger partial charge in [-0.1, -0.05) is 26.0 Å². The molecule has 2 aromatic heterocycles. The SMILES string of the molecule is COc1ccc(-c2c(C(C)C)nn3c4c(nnc23)C(=O)C[C@H](c2cc(OC)c(OC)c(OC)c2)C4)cc1. The molecular weight excluding hydrogens is 472 g/mol. The molecule has 2 heterocycles. The molecule has 0 bridgehead atoms. The summed E-state index contributed by atoms with van der Waals surface area (Å²) in [6.45, 7) is 4.19. The molecule has 0 N–H and O–H groups in total. The Morgan fingerprint density at radius 3 is 2.14 bits per heavy atom. The Labute approximate surface area is 215 Å². The molecule has 4 aromatic rings. The number of hydrogen-bond donors (Lipinski definition) is 0. The third-order valence-corrected chi connectivity index (χ3v) is 6.88. The van der Waals surface area contributed by atoms with Crippen LogP contribution in [0.1, 0.15) is 59.5 Å². The van der Waals surface area contributed by atoms with E-state index in [2.05, 4.69) is 24.0 Å². The first-order chi connectivity index (χ1) is 17.9. The zero-order chi connectivity index (χ0) is 26.3. The monoisotopic (exact) mass is 502 g/mol. The molecule has 0 spiro atoms. The van der Waals surface area contributed by atoms with E-state index >= 15 is 0 Å². The number of nitrogens with zero attached hydrogens (tertiary/aromatic N) is 4. The third kappa shape index (κ3) is 4.14. The summed E-state index contributed by atoms with van der Waals surface area (Å²) in [7, 11) is 6.38. The van der Waals surface area contributed by atoms with Crippen LogP contribution in [0, 0.1) is 0 Å². The minimum atomic E-state index is -0.114. The molecule has 0 unspecified atom stereocenters. The molecule has 0 radical (unpaired) electrons. The minimum absolute atomic E-state index is 0.0676. The maximum atomic E-state index is 13.3. The Balaban J connectivity index is 1.65. The quantitative estimate of drug-likeness (QED) is 0.353. The molecule has 0 saturated heterocycles. The highest BCUT2D eigenvalue weighted by Gasteiger charge is 2.33. The fourth-order valence-corrected chi connectivity index (χ4v) is 5.00. The number of carbonyl (C=O) groups is 1. The Hall–Kier alpha value is -4.14. The molecular formula is C28H30N4O5. The van der Waals surface area contributed by atoms with E-state index in [4.69, 9.17) is 24.0 Å². The van der Waals surface area contributed by atoms with Gasteiger partial charge in [-0.3, -0.25) is 4.79 Å². The Kier molecular flexibility index (Phi) is 6.45. The van der Waals surface area contributed by atoms with Crippen molar-refractivity contribution in [2.45, 2.75) is 38.5 Å². The van der Waals surface area contributed by atoms with Gasteiger partial charge in [0.1, 0.15) is 5.75 Å². The lowest BCUT2D eigenvalue weighted by atomic mass is 9.83. The Morgan fingerprint density at radius 2 is 1.57 bits per heavy atom. The minimum Gasteiger partial charge on any atom is -0.497 e. The topological polar surface area (TPSA) is 97.1 Å². The number of benzene rings is 2. The molecule has 0 saturated carbocycles. The van der Waals surface area contributed by atoms with Gasteiger partial charge in [0.2, 0.25) is 5.75 Å². The number of rotatable bonds is 7. The van der Waals surface area contributed by atoms with Crippen LogP contribution in [0.4, 0.5) is 0 Å². The summed E-state index contributed by atoms with van der Waals surface area (Å²) < 4.78 is 23.7. The summed E-state index contributed by atoms with van der Waals surface area (Å²) in [4.78, 5) is 13.3. The summed E-state index contributed by atoms with van der Waals surface area (Å²) in [5, 5.41) is 13.8.